The van der Waals surface area contributed by atoms with E-state index < -0.39 is 0 Å². The maximum atomic E-state index is 9.88. The number of aliphatic hydroxyl groups is 1. The average Bonchev–Trinajstić information content (AvgIpc) is 2.92. The average molecular weight is 229 g/mol. The number of aromatic nitrogens is 1. The summed E-state index contributed by atoms with van der Waals surface area (Å²) in [6.45, 7) is 1.80. The van der Waals surface area contributed by atoms with Crippen molar-refractivity contribution in [1.29, 1.82) is 5.26 Å². The van der Waals surface area contributed by atoms with E-state index in [4.69, 9.17) is 5.26 Å². The number of anilines is 1. The van der Waals surface area contributed by atoms with Crippen LogP contribution in [0.5, 0.6) is 0 Å². The Kier molecular flexibility index (Phi) is 2.49. The fraction of sp³-hybridized carbons (Fsp3) is 0.538. The van der Waals surface area contributed by atoms with Gasteiger partial charge in [-0.15, -0.1) is 0 Å². The summed E-state index contributed by atoms with van der Waals surface area (Å²) in [5, 5.41) is 19.0. The number of rotatable bonds is 1. The zero-order chi connectivity index (χ0) is 11.8. The largest absolute Gasteiger partial charge is 0.393 e. The predicted octanol–water partition coefficient (Wildman–Crippen LogP) is 1.16. The third-order valence-electron chi connectivity index (χ3n) is 4.08. The normalized spacial score (nSPS) is 31.3. The molecule has 1 aliphatic carbocycles. The molecule has 0 aromatic carbocycles. The second-order valence-electron chi connectivity index (χ2n) is 4.98. The van der Waals surface area contributed by atoms with E-state index in [0.29, 0.717) is 17.4 Å². The minimum atomic E-state index is -0.160. The minimum absolute atomic E-state index is 0.160. The molecule has 2 fully saturated rings. The molecule has 88 valence electrons. The lowest BCUT2D eigenvalue weighted by molar-refractivity contribution is 0.133. The fourth-order valence-corrected chi connectivity index (χ4v) is 3.17. The van der Waals surface area contributed by atoms with Crippen LogP contribution in [0.15, 0.2) is 18.5 Å². The standard InChI is InChI=1S/C13H15N3O/c14-5-9-3-4-15-6-12(9)16-7-10-1-2-13(17)11(10)8-16/h3-4,6,10-11,13,17H,1-2,7-8H2. The number of hydrogen-bond donors (Lipinski definition) is 1. The van der Waals surface area contributed by atoms with E-state index in [-0.39, 0.29) is 6.10 Å². The van der Waals surface area contributed by atoms with Crippen LogP contribution in [0.3, 0.4) is 0 Å². The minimum Gasteiger partial charge on any atom is -0.393 e. The Morgan fingerprint density at radius 1 is 1.41 bits per heavy atom. The zero-order valence-corrected chi connectivity index (χ0v) is 9.58. The van der Waals surface area contributed by atoms with Crippen molar-refractivity contribution in [2.75, 3.05) is 18.0 Å². The van der Waals surface area contributed by atoms with Gasteiger partial charge in [-0.05, 0) is 24.8 Å². The van der Waals surface area contributed by atoms with Gasteiger partial charge < -0.3 is 10.0 Å². The van der Waals surface area contributed by atoms with Gasteiger partial charge in [-0.25, -0.2) is 0 Å². The molecule has 1 aromatic rings. The lowest BCUT2D eigenvalue weighted by atomic mass is 10.00. The van der Waals surface area contributed by atoms with E-state index in [2.05, 4.69) is 16.0 Å². The van der Waals surface area contributed by atoms with Gasteiger partial charge in [0.25, 0.3) is 0 Å². The number of fused-ring (bicyclic) bond motifs is 1. The van der Waals surface area contributed by atoms with Crippen LogP contribution in [0.4, 0.5) is 5.69 Å². The predicted molar refractivity (Wildman–Crippen MR) is 63.4 cm³/mol. The van der Waals surface area contributed by atoms with Crippen LogP contribution in [0.2, 0.25) is 0 Å². The number of aliphatic hydroxyl groups excluding tert-OH is 1. The van der Waals surface area contributed by atoms with Crippen LogP contribution in [-0.4, -0.2) is 29.3 Å². The van der Waals surface area contributed by atoms with Gasteiger partial charge in [0.2, 0.25) is 0 Å². The first-order valence-electron chi connectivity index (χ1n) is 6.06. The molecule has 4 heteroatoms. The van der Waals surface area contributed by atoms with Gasteiger partial charge >= 0.3 is 0 Å². The first-order valence-corrected chi connectivity index (χ1v) is 6.06. The van der Waals surface area contributed by atoms with E-state index in [0.717, 1.165) is 31.6 Å². The van der Waals surface area contributed by atoms with Crippen molar-refractivity contribution >= 4 is 5.69 Å². The smallest absolute Gasteiger partial charge is 0.101 e. The molecule has 0 radical (unpaired) electrons. The Hall–Kier alpha value is -1.60. The number of pyridine rings is 1. The second kappa shape index (κ2) is 4.01. The highest BCUT2D eigenvalue weighted by Gasteiger charge is 2.42. The maximum Gasteiger partial charge on any atom is 0.101 e. The van der Waals surface area contributed by atoms with E-state index in [1.807, 2.05) is 0 Å². The van der Waals surface area contributed by atoms with Crippen LogP contribution in [-0.2, 0) is 0 Å². The summed E-state index contributed by atoms with van der Waals surface area (Å²) in [5.74, 6) is 0.957. The summed E-state index contributed by atoms with van der Waals surface area (Å²) >= 11 is 0. The molecular formula is C13H15N3O. The van der Waals surface area contributed by atoms with E-state index in [1.165, 1.54) is 0 Å². The van der Waals surface area contributed by atoms with Gasteiger partial charge in [-0.3, -0.25) is 4.98 Å². The number of nitriles is 1. The molecule has 1 saturated carbocycles. The Labute approximate surface area is 101 Å². The summed E-state index contributed by atoms with van der Waals surface area (Å²) in [7, 11) is 0. The first kappa shape index (κ1) is 10.5. The molecule has 0 bridgehead atoms. The molecule has 1 aliphatic heterocycles. The molecule has 0 spiro atoms. The zero-order valence-electron chi connectivity index (χ0n) is 9.58. The van der Waals surface area contributed by atoms with Crippen molar-refractivity contribution in [3.05, 3.63) is 24.0 Å². The topological polar surface area (TPSA) is 60.2 Å². The lowest BCUT2D eigenvalue weighted by Gasteiger charge is -2.20. The van der Waals surface area contributed by atoms with Crippen molar-refractivity contribution < 1.29 is 5.11 Å². The van der Waals surface area contributed by atoms with Crippen molar-refractivity contribution in [2.24, 2.45) is 11.8 Å². The molecule has 3 atom stereocenters. The van der Waals surface area contributed by atoms with Crippen LogP contribution >= 0.6 is 0 Å². The third-order valence-corrected chi connectivity index (χ3v) is 4.08. The van der Waals surface area contributed by atoms with Gasteiger partial charge in [0.1, 0.15) is 6.07 Å². The summed E-state index contributed by atoms with van der Waals surface area (Å²) in [6, 6.07) is 3.96. The molecule has 2 aliphatic rings. The Morgan fingerprint density at radius 2 is 2.29 bits per heavy atom. The maximum absolute atomic E-state index is 9.88. The Balaban J connectivity index is 1.86. The van der Waals surface area contributed by atoms with Crippen LogP contribution in [0.25, 0.3) is 0 Å². The van der Waals surface area contributed by atoms with Gasteiger partial charge in [-0.1, -0.05) is 0 Å². The monoisotopic (exact) mass is 229 g/mol. The highest BCUT2D eigenvalue weighted by atomic mass is 16.3. The van der Waals surface area contributed by atoms with Gasteiger partial charge in [0.05, 0.1) is 23.6 Å². The van der Waals surface area contributed by atoms with Crippen molar-refractivity contribution in [1.82, 2.24) is 4.98 Å². The van der Waals surface area contributed by atoms with Crippen LogP contribution in [0, 0.1) is 23.2 Å². The summed E-state index contributed by atoms with van der Waals surface area (Å²) in [4.78, 5) is 6.29. The number of hydrogen-bond acceptors (Lipinski definition) is 4. The summed E-state index contributed by atoms with van der Waals surface area (Å²) < 4.78 is 0. The quantitative estimate of drug-likeness (QED) is 0.785. The molecule has 3 unspecified atom stereocenters. The number of nitrogens with zero attached hydrogens (tertiary/aromatic N) is 3. The van der Waals surface area contributed by atoms with E-state index >= 15 is 0 Å². The summed E-state index contributed by atoms with van der Waals surface area (Å²) in [6.07, 6.45) is 5.28. The molecular weight excluding hydrogens is 214 g/mol. The van der Waals surface area contributed by atoms with E-state index in [9.17, 15) is 5.11 Å². The fourth-order valence-electron chi connectivity index (χ4n) is 3.17. The van der Waals surface area contributed by atoms with Crippen molar-refractivity contribution in [2.45, 2.75) is 18.9 Å². The molecule has 3 rings (SSSR count). The lowest BCUT2D eigenvalue weighted by Crippen LogP contribution is -2.25. The van der Waals surface area contributed by atoms with Gasteiger partial charge in [0.15, 0.2) is 0 Å². The van der Waals surface area contributed by atoms with Gasteiger partial charge in [-0.2, -0.15) is 5.26 Å². The van der Waals surface area contributed by atoms with Gasteiger partial charge in [0, 0.05) is 25.2 Å². The molecule has 4 nitrogen and oxygen atoms in total. The molecule has 1 aromatic heterocycles. The summed E-state index contributed by atoms with van der Waals surface area (Å²) in [5.41, 5.74) is 1.59. The highest BCUT2D eigenvalue weighted by Crippen LogP contribution is 2.40. The van der Waals surface area contributed by atoms with Crippen molar-refractivity contribution in [3.8, 4) is 6.07 Å². The van der Waals surface area contributed by atoms with E-state index in [1.54, 1.807) is 18.5 Å². The van der Waals surface area contributed by atoms with Crippen molar-refractivity contribution in [3.63, 3.8) is 0 Å². The molecule has 0 amide bonds. The van der Waals surface area contributed by atoms with Crippen LogP contribution in [0.1, 0.15) is 18.4 Å². The molecule has 2 heterocycles. The molecule has 1 N–H and O–H groups in total. The SMILES string of the molecule is N#Cc1ccncc1N1CC2CCC(O)C2C1. The molecule has 1 saturated heterocycles. The van der Waals surface area contributed by atoms with Crippen LogP contribution < -0.4 is 4.90 Å². The second-order valence-corrected chi connectivity index (χ2v) is 4.98. The highest BCUT2D eigenvalue weighted by molar-refractivity contribution is 5.58. The Bertz CT molecular complexity index is 468. The molecule has 17 heavy (non-hydrogen) atoms. The third kappa shape index (κ3) is 1.67. The Morgan fingerprint density at radius 3 is 3.06 bits per heavy atom. The first-order chi connectivity index (χ1) is 8.29.